The number of aromatic nitrogens is 1. The van der Waals surface area contributed by atoms with Crippen molar-refractivity contribution in [2.75, 3.05) is 23.9 Å². The van der Waals surface area contributed by atoms with E-state index in [-0.39, 0.29) is 0 Å². The van der Waals surface area contributed by atoms with Crippen LogP contribution in [0, 0.1) is 0 Å². The Morgan fingerprint density at radius 1 is 1.31 bits per heavy atom. The molecule has 1 aromatic rings. The van der Waals surface area contributed by atoms with Crippen molar-refractivity contribution in [3.8, 4) is 0 Å². The molecule has 0 bridgehead atoms. The molecule has 0 amide bonds. The Bertz CT molecular complexity index is 321. The molecule has 0 saturated heterocycles. The monoisotopic (exact) mass is 366 g/mol. The normalized spacial score (nSPS) is 10.4. The summed E-state index contributed by atoms with van der Waals surface area (Å²) in [7, 11) is 0. The lowest BCUT2D eigenvalue weighted by atomic mass is 10.2. The van der Waals surface area contributed by atoms with Crippen LogP contribution >= 0.6 is 43.6 Å². The van der Waals surface area contributed by atoms with Crippen LogP contribution in [0.1, 0.15) is 19.3 Å². The minimum Gasteiger partial charge on any atom is -0.369 e. The highest BCUT2D eigenvalue weighted by Gasteiger charge is 2.00. The van der Waals surface area contributed by atoms with E-state index in [1.165, 1.54) is 25.0 Å². The minimum absolute atomic E-state index is 0.924. The number of anilines is 1. The first-order valence-electron chi connectivity index (χ1n) is 5.28. The lowest BCUT2D eigenvalue weighted by molar-refractivity contribution is 0.748. The number of unbranched alkanes of at least 4 members (excludes halogenated alkanes) is 2. The van der Waals surface area contributed by atoms with Gasteiger partial charge in [0.05, 0.1) is 4.47 Å². The molecule has 0 aliphatic carbocycles. The van der Waals surface area contributed by atoms with E-state index in [1.54, 1.807) is 6.20 Å². The third kappa shape index (κ3) is 5.55. The fourth-order valence-electron chi connectivity index (χ4n) is 1.30. The number of pyridine rings is 1. The van der Waals surface area contributed by atoms with Crippen LogP contribution < -0.4 is 5.32 Å². The van der Waals surface area contributed by atoms with Gasteiger partial charge in [0.15, 0.2) is 0 Å². The van der Waals surface area contributed by atoms with Crippen LogP contribution in [0.25, 0.3) is 0 Å². The molecule has 90 valence electrons. The van der Waals surface area contributed by atoms with Gasteiger partial charge in [-0.1, -0.05) is 6.42 Å². The van der Waals surface area contributed by atoms with Crippen molar-refractivity contribution in [1.29, 1.82) is 0 Å². The molecule has 0 atom stereocenters. The zero-order valence-corrected chi connectivity index (χ0v) is 13.3. The van der Waals surface area contributed by atoms with Gasteiger partial charge in [-0.15, -0.1) is 0 Å². The van der Waals surface area contributed by atoms with E-state index in [4.69, 9.17) is 0 Å². The van der Waals surface area contributed by atoms with Gasteiger partial charge in [0, 0.05) is 17.2 Å². The highest BCUT2D eigenvalue weighted by atomic mass is 79.9. The molecule has 5 heteroatoms. The Morgan fingerprint density at radius 2 is 2.12 bits per heavy atom. The van der Waals surface area contributed by atoms with Crippen molar-refractivity contribution < 1.29 is 0 Å². The third-order valence-electron chi connectivity index (χ3n) is 2.13. The smallest absolute Gasteiger partial charge is 0.140 e. The topological polar surface area (TPSA) is 24.9 Å². The van der Waals surface area contributed by atoms with E-state index in [0.29, 0.717) is 0 Å². The Morgan fingerprint density at radius 3 is 2.81 bits per heavy atom. The predicted molar refractivity (Wildman–Crippen MR) is 80.4 cm³/mol. The first kappa shape index (κ1) is 14.3. The molecule has 0 aliphatic rings. The number of thioether (sulfide) groups is 1. The van der Waals surface area contributed by atoms with Crippen LogP contribution in [0.4, 0.5) is 5.82 Å². The van der Waals surface area contributed by atoms with E-state index in [1.807, 2.05) is 17.8 Å². The Labute approximate surface area is 118 Å². The SMILES string of the molecule is CSCCCCCNc1ncc(Br)cc1Br. The van der Waals surface area contributed by atoms with Gasteiger partial charge in [0.1, 0.15) is 5.82 Å². The molecular formula is C11H16Br2N2S. The first-order valence-corrected chi connectivity index (χ1v) is 8.26. The molecule has 0 fully saturated rings. The van der Waals surface area contributed by atoms with Crippen molar-refractivity contribution in [3.63, 3.8) is 0 Å². The number of nitrogens with one attached hydrogen (secondary N) is 1. The second-order valence-electron chi connectivity index (χ2n) is 3.46. The zero-order valence-electron chi connectivity index (χ0n) is 9.30. The van der Waals surface area contributed by atoms with E-state index in [2.05, 4.69) is 48.4 Å². The van der Waals surface area contributed by atoms with Crippen LogP contribution in [0.15, 0.2) is 21.2 Å². The van der Waals surface area contributed by atoms with Crippen molar-refractivity contribution in [3.05, 3.63) is 21.2 Å². The molecular weight excluding hydrogens is 352 g/mol. The maximum atomic E-state index is 4.30. The summed E-state index contributed by atoms with van der Waals surface area (Å²) in [6.45, 7) is 0.988. The summed E-state index contributed by atoms with van der Waals surface area (Å²) in [6, 6.07) is 2.00. The van der Waals surface area contributed by atoms with Crippen LogP contribution in [0.3, 0.4) is 0 Å². The molecule has 16 heavy (non-hydrogen) atoms. The van der Waals surface area contributed by atoms with Crippen LogP contribution in [-0.2, 0) is 0 Å². The van der Waals surface area contributed by atoms with Gasteiger partial charge in [-0.25, -0.2) is 4.98 Å². The Hall–Kier alpha value is 0.260. The number of rotatable bonds is 7. The molecule has 0 aromatic carbocycles. The van der Waals surface area contributed by atoms with E-state index >= 15 is 0 Å². The van der Waals surface area contributed by atoms with Crippen molar-refractivity contribution in [2.45, 2.75) is 19.3 Å². The lowest BCUT2D eigenvalue weighted by Gasteiger charge is -2.07. The second kappa shape index (κ2) is 8.37. The van der Waals surface area contributed by atoms with Gasteiger partial charge in [0.25, 0.3) is 0 Å². The zero-order chi connectivity index (χ0) is 11.8. The van der Waals surface area contributed by atoms with Crippen LogP contribution in [0.5, 0.6) is 0 Å². The van der Waals surface area contributed by atoms with Gasteiger partial charge < -0.3 is 5.32 Å². The fraction of sp³-hybridized carbons (Fsp3) is 0.545. The molecule has 0 spiro atoms. The summed E-state index contributed by atoms with van der Waals surface area (Å²) >= 11 is 8.78. The molecule has 2 nitrogen and oxygen atoms in total. The summed E-state index contributed by atoms with van der Waals surface area (Å²) < 4.78 is 2.00. The summed E-state index contributed by atoms with van der Waals surface area (Å²) in [4.78, 5) is 4.30. The number of nitrogens with zero attached hydrogens (tertiary/aromatic N) is 1. The first-order chi connectivity index (χ1) is 7.74. The molecule has 0 saturated carbocycles. The van der Waals surface area contributed by atoms with Crippen molar-refractivity contribution >= 4 is 49.4 Å². The largest absolute Gasteiger partial charge is 0.369 e. The van der Waals surface area contributed by atoms with Crippen LogP contribution in [-0.4, -0.2) is 23.5 Å². The highest BCUT2D eigenvalue weighted by molar-refractivity contribution is 9.11. The maximum Gasteiger partial charge on any atom is 0.140 e. The van der Waals surface area contributed by atoms with E-state index in [0.717, 1.165) is 21.3 Å². The lowest BCUT2D eigenvalue weighted by Crippen LogP contribution is -2.04. The van der Waals surface area contributed by atoms with Gasteiger partial charge in [0.2, 0.25) is 0 Å². The molecule has 0 radical (unpaired) electrons. The highest BCUT2D eigenvalue weighted by Crippen LogP contribution is 2.23. The molecule has 1 rings (SSSR count). The Balaban J connectivity index is 2.21. The third-order valence-corrected chi connectivity index (χ3v) is 3.86. The Kier molecular flexibility index (Phi) is 7.49. The quantitative estimate of drug-likeness (QED) is 0.715. The second-order valence-corrected chi connectivity index (χ2v) is 6.22. The summed E-state index contributed by atoms with van der Waals surface area (Å²) in [5.41, 5.74) is 0. The molecule has 1 N–H and O–H groups in total. The average molecular weight is 368 g/mol. The minimum atomic E-state index is 0.924. The van der Waals surface area contributed by atoms with Gasteiger partial charge in [-0.3, -0.25) is 0 Å². The number of halogens is 2. The number of hydrogen-bond acceptors (Lipinski definition) is 3. The van der Waals surface area contributed by atoms with E-state index < -0.39 is 0 Å². The fourth-order valence-corrected chi connectivity index (χ4v) is 2.92. The number of hydrogen-bond donors (Lipinski definition) is 1. The summed E-state index contributed by atoms with van der Waals surface area (Å²) in [6.07, 6.45) is 7.74. The molecule has 0 unspecified atom stereocenters. The summed E-state index contributed by atoms with van der Waals surface area (Å²) in [5, 5.41) is 3.33. The van der Waals surface area contributed by atoms with Crippen molar-refractivity contribution in [2.24, 2.45) is 0 Å². The molecule has 1 aromatic heterocycles. The van der Waals surface area contributed by atoms with Gasteiger partial charge >= 0.3 is 0 Å². The van der Waals surface area contributed by atoms with Gasteiger partial charge in [-0.2, -0.15) is 11.8 Å². The summed E-state index contributed by atoms with van der Waals surface area (Å²) in [5.74, 6) is 2.19. The van der Waals surface area contributed by atoms with Crippen molar-refractivity contribution in [1.82, 2.24) is 4.98 Å². The average Bonchev–Trinajstić information content (AvgIpc) is 2.26. The standard InChI is InChI=1S/C11H16Br2N2S/c1-16-6-4-2-3-5-14-11-10(13)7-9(12)8-15-11/h7-8H,2-6H2,1H3,(H,14,15). The predicted octanol–water partition coefficient (Wildman–Crippen LogP) is 4.55. The van der Waals surface area contributed by atoms with Gasteiger partial charge in [-0.05, 0) is 62.8 Å². The molecule has 0 aliphatic heterocycles. The maximum absolute atomic E-state index is 4.30. The van der Waals surface area contributed by atoms with E-state index in [9.17, 15) is 0 Å². The van der Waals surface area contributed by atoms with Crippen LogP contribution in [0.2, 0.25) is 0 Å². The molecule has 1 heterocycles.